The van der Waals surface area contributed by atoms with E-state index in [1.54, 1.807) is 0 Å². The van der Waals surface area contributed by atoms with Gasteiger partial charge in [0.05, 0.1) is 39.1 Å². The van der Waals surface area contributed by atoms with Crippen molar-refractivity contribution in [1.29, 1.82) is 0 Å². The van der Waals surface area contributed by atoms with E-state index in [2.05, 4.69) is 68.8 Å². The Labute approximate surface area is 660 Å². The van der Waals surface area contributed by atoms with Crippen molar-refractivity contribution in [3.8, 4) is 0 Å². The summed E-state index contributed by atoms with van der Waals surface area (Å²) in [5.41, 5.74) is 9.53. The van der Waals surface area contributed by atoms with Gasteiger partial charge >= 0.3 is 46.9 Å². The number of anilines is 2. The highest BCUT2D eigenvalue weighted by Crippen LogP contribution is 2.63. The van der Waals surface area contributed by atoms with Crippen molar-refractivity contribution in [3.63, 3.8) is 0 Å². The summed E-state index contributed by atoms with van der Waals surface area (Å²) in [5.74, 6) is -3.20. The van der Waals surface area contributed by atoms with Crippen LogP contribution >= 0.6 is 46.9 Å². The van der Waals surface area contributed by atoms with E-state index in [9.17, 15) is 116 Å². The van der Waals surface area contributed by atoms with Crippen LogP contribution in [0.15, 0.2) is 49.6 Å². The minimum atomic E-state index is -5.65. The van der Waals surface area contributed by atoms with Gasteiger partial charge in [0.15, 0.2) is 35.4 Å². The molecule has 4 aliphatic rings. The van der Waals surface area contributed by atoms with Gasteiger partial charge in [0, 0.05) is 73.5 Å². The lowest BCUT2D eigenvalue weighted by molar-refractivity contribution is -0.137. The Balaban J connectivity index is 0.590. The molecule has 2 aliphatic carbocycles. The van der Waals surface area contributed by atoms with E-state index in [0.29, 0.717) is 38.5 Å². The molecular weight excluding hydrogens is 1670 g/mol. The van der Waals surface area contributed by atoms with E-state index < -0.39 is 180 Å². The molecule has 2 saturated carbocycles. The van der Waals surface area contributed by atoms with Gasteiger partial charge in [0.2, 0.25) is 23.6 Å². The number of phosphoric ester groups is 6. The largest absolute Gasteiger partial charge is 0.481 e. The molecule has 116 heavy (non-hydrogen) atoms. The molecule has 9 rings (SSSR count). The number of benzene rings is 1. The molecule has 20 N–H and O–H groups in total. The minimum Gasteiger partial charge on any atom is -0.386 e. The fourth-order valence-corrected chi connectivity index (χ4v) is 18.5. The molecule has 6 heterocycles. The lowest BCUT2D eigenvalue weighted by Gasteiger charge is -2.30. The fraction of sp³-hybridized carbons (Fsp3) is 0.645. The summed E-state index contributed by atoms with van der Waals surface area (Å²) in [7, 11) is -33.2. The summed E-state index contributed by atoms with van der Waals surface area (Å²) in [6, 6.07) is 8.11. The minimum absolute atomic E-state index is 0.00352. The predicted molar refractivity (Wildman–Crippen MR) is 394 cm³/mol. The number of hydrogen-bond acceptors (Lipinski definition) is 34. The quantitative estimate of drug-likeness (QED) is 0.0238. The molecule has 0 radical (unpaired) electrons. The fourth-order valence-electron chi connectivity index (χ4n) is 12.8. The number of fused-ring (bicyclic) bond motifs is 2. The molecule has 54 heteroatoms. The number of rotatable bonds is 48. The zero-order valence-corrected chi connectivity index (χ0v) is 68.1. The molecule has 1 aromatic carbocycles. The SMILES string of the molecule is CC(C)(COP(=O)(O)OP(=O)(O)OCC1OC(n2cnc3c(N)ncnc32)C(O)C1OP(=O)(O)O)C(O)C(=O)NCCC(=O)NCCC(=O)C1(CCCc2ccc(CCCC3(C(=O)CCNC(=O)CCNC(=O)C(O)C(C)(C)COP(=O)(O)OP(=O)(O)OCC4OC(n5cnc6c(N)ncnc65)C(O)C4OP(=O)(O)O)CC3)cc2)CC1. The van der Waals surface area contributed by atoms with Crippen molar-refractivity contribution in [2.75, 3.05) is 64.1 Å². The number of aromatic nitrogens is 8. The highest BCUT2D eigenvalue weighted by atomic mass is 31.3. The number of ether oxygens (including phenoxy) is 2. The lowest BCUT2D eigenvalue weighted by atomic mass is 9.87. The maximum absolute atomic E-state index is 13.3. The smallest absolute Gasteiger partial charge is 0.386 e. The van der Waals surface area contributed by atoms with E-state index in [4.69, 9.17) is 39.0 Å². The second kappa shape index (κ2) is 38.2. The zero-order chi connectivity index (χ0) is 85.4. The highest BCUT2D eigenvalue weighted by Gasteiger charge is 2.54. The molecule has 0 bridgehead atoms. The van der Waals surface area contributed by atoms with E-state index in [1.807, 2.05) is 24.3 Å². The second-order valence-electron chi connectivity index (χ2n) is 29.6. The third kappa shape index (κ3) is 25.8. The average molecular weight is 1770 g/mol. The van der Waals surface area contributed by atoms with Crippen molar-refractivity contribution < 1.29 is 161 Å². The van der Waals surface area contributed by atoms with Crippen LogP contribution in [0.5, 0.6) is 0 Å². The number of carbonyl (C=O) groups excluding carboxylic acids is 6. The molecule has 646 valence electrons. The summed E-state index contributed by atoms with van der Waals surface area (Å²) in [6.45, 7) is 0.207. The number of nitrogen functional groups attached to an aromatic ring is 2. The molecule has 5 aromatic rings. The van der Waals surface area contributed by atoms with Crippen LogP contribution < -0.4 is 32.7 Å². The molecule has 14 unspecified atom stereocenters. The van der Waals surface area contributed by atoms with E-state index in [1.165, 1.54) is 27.7 Å². The molecule has 14 atom stereocenters. The van der Waals surface area contributed by atoms with Gasteiger partial charge in [-0.25, -0.2) is 57.3 Å². The first-order valence-corrected chi connectivity index (χ1v) is 45.0. The molecule has 4 fully saturated rings. The van der Waals surface area contributed by atoms with Gasteiger partial charge in [0.1, 0.15) is 84.1 Å². The number of aliphatic hydroxyl groups is 4. The van der Waals surface area contributed by atoms with Crippen molar-refractivity contribution in [3.05, 3.63) is 60.7 Å². The van der Waals surface area contributed by atoms with Crippen molar-refractivity contribution >= 4 is 116 Å². The van der Waals surface area contributed by atoms with Gasteiger partial charge < -0.3 is 102 Å². The van der Waals surface area contributed by atoms with E-state index in [-0.39, 0.29) is 97.4 Å². The van der Waals surface area contributed by atoms with Crippen LogP contribution in [0.3, 0.4) is 0 Å². The van der Waals surface area contributed by atoms with Gasteiger partial charge in [-0.1, -0.05) is 52.0 Å². The third-order valence-corrected chi connectivity index (χ3v) is 25.9. The summed E-state index contributed by atoms with van der Waals surface area (Å²) in [4.78, 5) is 181. The molecule has 2 saturated heterocycles. The molecule has 4 aromatic heterocycles. The van der Waals surface area contributed by atoms with Crippen LogP contribution in [0.2, 0.25) is 0 Å². The summed E-state index contributed by atoms with van der Waals surface area (Å²) < 4.78 is 126. The Kier molecular flexibility index (Phi) is 30.8. The van der Waals surface area contributed by atoms with Gasteiger partial charge in [-0.15, -0.1) is 0 Å². The molecule has 48 nitrogen and oxygen atoms in total. The first-order chi connectivity index (χ1) is 54.0. The zero-order valence-electron chi connectivity index (χ0n) is 62.7. The Morgan fingerprint density at radius 2 is 0.853 bits per heavy atom. The molecule has 0 spiro atoms. The normalized spacial score (nSPS) is 23.3. The van der Waals surface area contributed by atoms with Crippen molar-refractivity contribution in [2.45, 2.75) is 179 Å². The monoisotopic (exact) mass is 1760 g/mol. The number of nitrogens with one attached hydrogen (secondary N) is 4. The van der Waals surface area contributed by atoms with Crippen molar-refractivity contribution in [2.24, 2.45) is 21.7 Å². The van der Waals surface area contributed by atoms with Gasteiger partial charge in [-0.05, 0) is 75.3 Å². The van der Waals surface area contributed by atoms with Gasteiger partial charge in [-0.3, -0.25) is 65.0 Å². The number of aryl methyl sites for hydroxylation is 2. The predicted octanol–water partition coefficient (Wildman–Crippen LogP) is 0.648. The Morgan fingerprint density at radius 1 is 0.517 bits per heavy atom. The Hall–Kier alpha value is -6.36. The summed E-state index contributed by atoms with van der Waals surface area (Å²) >= 11 is 0. The molecular formula is C62H94N14O34P6. The van der Waals surface area contributed by atoms with E-state index in [0.717, 1.165) is 71.3 Å². The number of hydrogen-bond donors (Lipinski definition) is 18. The number of nitrogens with two attached hydrogens (primary N) is 2. The summed E-state index contributed by atoms with van der Waals surface area (Å²) in [5, 5.41) is 53.6. The number of carbonyl (C=O) groups is 6. The number of imidazole rings is 2. The van der Waals surface area contributed by atoms with Crippen LogP contribution in [-0.4, -0.2) is 235 Å². The van der Waals surface area contributed by atoms with Crippen LogP contribution in [0.4, 0.5) is 11.6 Å². The number of Topliss-reactive ketones (excluding diaryl/α,β-unsaturated/α-hetero) is 2. The summed E-state index contributed by atoms with van der Waals surface area (Å²) in [6.07, 6.45) is -7.32. The Morgan fingerprint density at radius 3 is 1.19 bits per heavy atom. The van der Waals surface area contributed by atoms with Crippen LogP contribution in [0, 0.1) is 21.7 Å². The van der Waals surface area contributed by atoms with E-state index >= 15 is 0 Å². The van der Waals surface area contributed by atoms with Crippen LogP contribution in [-0.2, 0) is 114 Å². The number of phosphoric acid groups is 6. The average Bonchev–Trinajstić information content (AvgIpc) is 1.52. The number of aliphatic hydroxyl groups excluding tert-OH is 4. The lowest BCUT2D eigenvalue weighted by Crippen LogP contribution is -2.46. The number of amides is 4. The third-order valence-electron chi connectivity index (χ3n) is 19.7. The topological polar surface area (TPSA) is 727 Å². The first kappa shape index (κ1) is 93.5. The van der Waals surface area contributed by atoms with Crippen molar-refractivity contribution in [1.82, 2.24) is 60.3 Å². The number of nitrogens with zero attached hydrogens (tertiary/aromatic N) is 8. The molecule has 2 aliphatic heterocycles. The second-order valence-corrected chi connectivity index (χ2v) is 38.0. The standard InChI is InChI=1S/C62H94N14O34P6/c1-59(2,29-103-115(97,98)109-113(93,94)101-27-37-47(107-111(87,88)89)45(81)57(105-37)75-33-73-43-51(63)69-31-71-53(43)75)49(83)55(85)67-25-15-41(79)65-23-13-39(77)61(19-20-61)17-5-7-35-9-11-36(12-10-35)8-6-18-62(21-22-62)40(78)14-24-66-42(80)16-26-68-56(86)50(84)60(3,4)30-104-116(99,100)110-114(95,96)102-28-38-48(108-112(90,91)92)46(82)58(106-38)76-34-74-44-52(64)70-32-72-54(44)76/h9-12,31-34,37-38,45-50,57-58,81-84H,5-8,13-30H2,1-4H3,(H,65,79)(H,66,80)(H,67,85)(H,68,86)(H,93,94)(H,95,96)(H,97,98)(H,99,100)(H2,63,69,71)(H2,64,70,72)(H2,87,88,89)(H2,90,91,92). The first-order valence-electron chi connectivity index (χ1n) is 36.0. The van der Waals surface area contributed by atoms with Gasteiger partial charge in [0.25, 0.3) is 0 Å². The van der Waals surface area contributed by atoms with Crippen LogP contribution in [0.1, 0.15) is 128 Å². The van der Waals surface area contributed by atoms with Gasteiger partial charge in [-0.2, -0.15) is 8.62 Å². The Bertz CT molecular complexity index is 4370. The van der Waals surface area contributed by atoms with Crippen LogP contribution in [0.25, 0.3) is 22.3 Å². The number of ketones is 2. The maximum Gasteiger partial charge on any atom is 0.481 e. The highest BCUT2D eigenvalue weighted by molar-refractivity contribution is 7.61. The molecule has 4 amide bonds. The maximum atomic E-state index is 13.3.